The Kier molecular flexibility index (Phi) is 12.5. The Balaban J connectivity index is 1.17. The van der Waals surface area contributed by atoms with E-state index < -0.39 is 0 Å². The lowest BCUT2D eigenvalue weighted by Crippen LogP contribution is -2.11. The number of para-hydroxylation sites is 6. The Hall–Kier alpha value is -12.3. The van der Waals surface area contributed by atoms with Crippen LogP contribution in [0.15, 0.2) is 267 Å². The number of hydrogen-bond donors (Lipinski definition) is 0. The molecule has 390 valence electrons. The molecule has 0 atom stereocenters. The lowest BCUT2D eigenvalue weighted by molar-refractivity contribution is 1.13. The van der Waals surface area contributed by atoms with Crippen molar-refractivity contribution >= 4 is 77.7 Å². The molecule has 14 rings (SSSR count). The molecule has 84 heavy (non-hydrogen) atoms. The van der Waals surface area contributed by atoms with Crippen LogP contribution in [-0.4, -0.2) is 19.1 Å². The third-order valence-corrected chi connectivity index (χ3v) is 15.5. The second kappa shape index (κ2) is 21.0. The van der Waals surface area contributed by atoms with Gasteiger partial charge in [0.05, 0.1) is 50.6 Å². The summed E-state index contributed by atoms with van der Waals surface area (Å²) in [6.45, 7) is 0. The predicted octanol–water partition coefficient (Wildman–Crippen LogP) is 18.1. The van der Waals surface area contributed by atoms with Crippen molar-refractivity contribution in [3.63, 3.8) is 0 Å². The summed E-state index contributed by atoms with van der Waals surface area (Å²) < 4.78 is 4.53. The normalized spacial score (nSPS) is 11.0. The minimum Gasteiger partial charge on any atom is -0.310 e. The van der Waals surface area contributed by atoms with Gasteiger partial charge in [0.2, 0.25) is 0 Å². The van der Waals surface area contributed by atoms with E-state index in [1.165, 1.54) is 0 Å². The number of fused-ring (bicyclic) bond motifs is 6. The molecule has 4 aromatic heterocycles. The Morgan fingerprint density at radius 3 is 1.02 bits per heavy atom. The van der Waals surface area contributed by atoms with Crippen LogP contribution in [-0.2, 0) is 0 Å². The van der Waals surface area contributed by atoms with Crippen molar-refractivity contribution in [3.05, 3.63) is 290 Å². The molecule has 10 nitrogen and oxygen atoms in total. The topological polar surface area (TPSA) is 137 Å². The molecular formula is C74H44N10. The number of rotatable bonds is 11. The summed E-state index contributed by atoms with van der Waals surface area (Å²) >= 11 is 0. The maximum Gasteiger partial charge on any atom is 0.140 e. The fourth-order valence-corrected chi connectivity index (χ4v) is 11.9. The van der Waals surface area contributed by atoms with Crippen LogP contribution in [0.2, 0.25) is 0 Å². The minimum atomic E-state index is 0.216. The number of nitrogens with zero attached hydrogens (tertiary/aromatic N) is 10. The maximum atomic E-state index is 12.3. The molecule has 0 aliphatic carbocycles. The Bertz CT molecular complexity index is 4660. The molecule has 14 aromatic rings. The van der Waals surface area contributed by atoms with E-state index in [0.29, 0.717) is 44.8 Å². The number of hydrogen-bond acceptors (Lipinski definition) is 8. The van der Waals surface area contributed by atoms with E-state index in [2.05, 4.69) is 162 Å². The van der Waals surface area contributed by atoms with Crippen LogP contribution in [0.25, 0.3) is 88.4 Å². The van der Waals surface area contributed by atoms with Crippen LogP contribution < -0.4 is 9.80 Å². The second-order valence-corrected chi connectivity index (χ2v) is 20.2. The Morgan fingerprint density at radius 1 is 0.298 bits per heavy atom. The number of anilines is 6. The summed E-state index contributed by atoms with van der Waals surface area (Å²) in [6, 6.07) is 95.2. The SMILES string of the molecule is N#Cc1ccc(-c2c(-n3c4ccccc4c4cc(N(c5ccccc5)c5ccccc5)ccc43)c(-c3ccc(C#N)nc3)c(C#N)c(-c3ccc(C#N)nc3)c2-n2c3ccccc3c3cc(N(c4ccccc4)c4ccccc4)ccc32)cc1. The molecule has 0 N–H and O–H groups in total. The number of pyridine rings is 2. The first kappa shape index (κ1) is 49.9. The molecule has 10 aromatic carbocycles. The van der Waals surface area contributed by atoms with E-state index in [0.717, 1.165) is 88.9 Å². The third kappa shape index (κ3) is 8.41. The van der Waals surface area contributed by atoms with E-state index in [9.17, 15) is 21.0 Å². The van der Waals surface area contributed by atoms with Crippen molar-refractivity contribution in [2.75, 3.05) is 9.80 Å². The van der Waals surface area contributed by atoms with Gasteiger partial charge in [-0.3, -0.25) is 0 Å². The summed E-state index contributed by atoms with van der Waals surface area (Å²) in [6.07, 6.45) is 3.33. The first-order valence-corrected chi connectivity index (χ1v) is 27.3. The summed E-state index contributed by atoms with van der Waals surface area (Å²) in [4.78, 5) is 13.9. The molecule has 10 heteroatoms. The average Bonchev–Trinajstić information content (AvgIpc) is 2.35. The van der Waals surface area contributed by atoms with Crippen molar-refractivity contribution in [1.29, 1.82) is 21.0 Å². The van der Waals surface area contributed by atoms with Crippen LogP contribution in [0.5, 0.6) is 0 Å². The van der Waals surface area contributed by atoms with Gasteiger partial charge in [-0.05, 0) is 139 Å². The van der Waals surface area contributed by atoms with Gasteiger partial charge < -0.3 is 18.9 Å². The predicted molar refractivity (Wildman–Crippen MR) is 335 cm³/mol. The van der Waals surface area contributed by atoms with Crippen molar-refractivity contribution in [1.82, 2.24) is 19.1 Å². The molecule has 0 aliphatic heterocycles. The monoisotopic (exact) mass is 1070 g/mol. The van der Waals surface area contributed by atoms with Crippen LogP contribution in [0.3, 0.4) is 0 Å². The van der Waals surface area contributed by atoms with Gasteiger partial charge in [0.15, 0.2) is 0 Å². The van der Waals surface area contributed by atoms with Crippen LogP contribution in [0, 0.1) is 45.3 Å². The molecule has 0 fully saturated rings. The van der Waals surface area contributed by atoms with Gasteiger partial charge >= 0.3 is 0 Å². The number of aromatic nitrogens is 4. The van der Waals surface area contributed by atoms with E-state index in [1.54, 1.807) is 24.5 Å². The number of benzene rings is 10. The lowest BCUT2D eigenvalue weighted by Gasteiger charge is -2.28. The molecule has 0 aliphatic rings. The summed E-state index contributed by atoms with van der Waals surface area (Å²) in [5, 5.41) is 46.9. The van der Waals surface area contributed by atoms with Crippen molar-refractivity contribution in [2.24, 2.45) is 0 Å². The number of nitriles is 4. The Labute approximate surface area is 483 Å². The quantitative estimate of drug-likeness (QED) is 0.125. The van der Waals surface area contributed by atoms with Gasteiger partial charge in [0, 0.05) is 95.9 Å². The summed E-state index contributed by atoms with van der Waals surface area (Å²) in [7, 11) is 0. The smallest absolute Gasteiger partial charge is 0.140 e. The molecular weight excluding hydrogens is 1030 g/mol. The summed E-state index contributed by atoms with van der Waals surface area (Å²) in [5.41, 5.74) is 15.6. The fourth-order valence-electron chi connectivity index (χ4n) is 11.9. The molecule has 0 amide bonds. The molecule has 4 heterocycles. The average molecular weight is 1070 g/mol. The van der Waals surface area contributed by atoms with Crippen molar-refractivity contribution < 1.29 is 0 Å². The molecule has 0 saturated heterocycles. The van der Waals surface area contributed by atoms with Crippen LogP contribution >= 0.6 is 0 Å². The molecule has 0 bridgehead atoms. The van der Waals surface area contributed by atoms with Crippen molar-refractivity contribution in [3.8, 4) is 69.0 Å². The Morgan fingerprint density at radius 2 is 0.667 bits per heavy atom. The highest BCUT2D eigenvalue weighted by Crippen LogP contribution is 2.53. The maximum absolute atomic E-state index is 12.3. The highest BCUT2D eigenvalue weighted by Gasteiger charge is 2.33. The highest BCUT2D eigenvalue weighted by atomic mass is 15.2. The molecule has 0 radical (unpaired) electrons. The molecule has 0 unspecified atom stereocenters. The largest absolute Gasteiger partial charge is 0.310 e. The standard InChI is InChI=1S/C74H44N10/c75-43-49-29-31-50(32-30-49)72-73(83-66-27-15-13-25-61(66)63-41-59(37-39-68(63)83)81(55-17-5-1-6-18-55)56-19-7-2-8-20-56)70(51-33-35-53(44-76)79-47-51)65(46-78)71(52-34-36-54(45-77)80-48-52)74(72)84-67-28-16-14-26-62(67)64-42-60(38-40-69(64)84)82(57-21-9-3-10-22-57)58-23-11-4-12-24-58/h1-42,47-48H. The third-order valence-electron chi connectivity index (χ3n) is 15.5. The molecule has 0 spiro atoms. The zero-order valence-electron chi connectivity index (χ0n) is 44.9. The van der Waals surface area contributed by atoms with Gasteiger partial charge in [0.1, 0.15) is 29.6 Å². The fraction of sp³-hybridized carbons (Fsp3) is 0. The van der Waals surface area contributed by atoms with Gasteiger partial charge in [0.25, 0.3) is 0 Å². The first-order valence-electron chi connectivity index (χ1n) is 27.3. The molecule has 0 saturated carbocycles. The van der Waals surface area contributed by atoms with Crippen LogP contribution in [0.4, 0.5) is 34.1 Å². The van der Waals surface area contributed by atoms with Gasteiger partial charge in [-0.25, -0.2) is 9.97 Å². The van der Waals surface area contributed by atoms with E-state index in [1.807, 2.05) is 133 Å². The highest BCUT2D eigenvalue weighted by molar-refractivity contribution is 6.16. The zero-order valence-corrected chi connectivity index (χ0v) is 44.9. The van der Waals surface area contributed by atoms with Gasteiger partial charge in [-0.15, -0.1) is 0 Å². The van der Waals surface area contributed by atoms with E-state index in [-0.39, 0.29) is 11.4 Å². The minimum absolute atomic E-state index is 0.216. The van der Waals surface area contributed by atoms with Crippen molar-refractivity contribution in [2.45, 2.75) is 0 Å². The first-order chi connectivity index (χ1) is 41.5. The zero-order chi connectivity index (χ0) is 56.7. The van der Waals surface area contributed by atoms with Gasteiger partial charge in [-0.1, -0.05) is 121 Å². The van der Waals surface area contributed by atoms with Crippen LogP contribution in [0.1, 0.15) is 22.5 Å². The lowest BCUT2D eigenvalue weighted by atomic mass is 9.84. The van der Waals surface area contributed by atoms with E-state index in [4.69, 9.17) is 0 Å². The van der Waals surface area contributed by atoms with Gasteiger partial charge in [-0.2, -0.15) is 21.0 Å². The summed E-state index contributed by atoms with van der Waals surface area (Å²) in [5.74, 6) is 0. The second-order valence-electron chi connectivity index (χ2n) is 20.2. The van der Waals surface area contributed by atoms with E-state index >= 15 is 0 Å².